The number of ether oxygens (including phenoxy) is 2. The van der Waals surface area contributed by atoms with Gasteiger partial charge in [0.2, 0.25) is 17.8 Å². The van der Waals surface area contributed by atoms with Crippen LogP contribution in [0.5, 0.6) is 0 Å². The number of benzene rings is 2. The van der Waals surface area contributed by atoms with Crippen molar-refractivity contribution in [2.24, 2.45) is 5.73 Å². The second kappa shape index (κ2) is 12.4. The molecule has 1 heterocycles. The average Bonchev–Trinajstić information content (AvgIpc) is 2.79. The number of fused-ring (bicyclic) bond motifs is 1. The van der Waals surface area contributed by atoms with E-state index in [2.05, 4.69) is 61.7 Å². The second-order valence-electron chi connectivity index (χ2n) is 6.60. The maximum atomic E-state index is 5.52. The first-order valence-corrected chi connectivity index (χ1v) is 10.2. The van der Waals surface area contributed by atoms with Crippen LogP contribution >= 0.6 is 0 Å². The van der Waals surface area contributed by atoms with E-state index in [1.807, 2.05) is 18.2 Å². The number of nitrogens with zero attached hydrogens (tertiary/aromatic N) is 3. The number of rotatable bonds is 14. The molecule has 1 aromatic heterocycles. The summed E-state index contributed by atoms with van der Waals surface area (Å²) in [5.41, 5.74) is 6.27. The summed E-state index contributed by atoms with van der Waals surface area (Å²) in [5.74, 6) is 1.35. The van der Waals surface area contributed by atoms with Gasteiger partial charge in [0.15, 0.2) is 0 Å². The Morgan fingerprint density at radius 2 is 1.55 bits per heavy atom. The van der Waals surface area contributed by atoms with E-state index in [9.17, 15) is 0 Å². The van der Waals surface area contributed by atoms with Gasteiger partial charge in [-0.1, -0.05) is 36.4 Å². The molecule has 0 fully saturated rings. The summed E-state index contributed by atoms with van der Waals surface area (Å²) >= 11 is 0. The molecule has 0 unspecified atom stereocenters. The molecule has 3 rings (SSSR count). The monoisotopic (exact) mass is 423 g/mol. The molecule has 0 radical (unpaired) electrons. The van der Waals surface area contributed by atoms with Gasteiger partial charge in [-0.2, -0.15) is 15.0 Å². The highest BCUT2D eigenvalue weighted by atomic mass is 16.5. The van der Waals surface area contributed by atoms with E-state index in [1.54, 1.807) is 6.08 Å². The van der Waals surface area contributed by atoms with Gasteiger partial charge in [-0.3, -0.25) is 0 Å². The predicted molar refractivity (Wildman–Crippen MR) is 125 cm³/mol. The molecule has 9 heteroatoms. The lowest BCUT2D eigenvalue weighted by Gasteiger charge is -2.11. The van der Waals surface area contributed by atoms with Gasteiger partial charge in [-0.15, -0.1) is 6.58 Å². The molecule has 31 heavy (non-hydrogen) atoms. The van der Waals surface area contributed by atoms with Crippen molar-refractivity contribution in [3.05, 3.63) is 55.1 Å². The van der Waals surface area contributed by atoms with Gasteiger partial charge in [0, 0.05) is 25.3 Å². The maximum Gasteiger partial charge on any atom is 0.233 e. The lowest BCUT2D eigenvalue weighted by molar-refractivity contribution is 0.0547. The molecular formula is C22H29N7O2. The smallest absolute Gasteiger partial charge is 0.233 e. The molecule has 2 aromatic carbocycles. The molecule has 0 bridgehead atoms. The highest BCUT2D eigenvalue weighted by molar-refractivity contribution is 5.86. The topological polar surface area (TPSA) is 119 Å². The van der Waals surface area contributed by atoms with E-state index < -0.39 is 0 Å². The third-order valence-electron chi connectivity index (χ3n) is 4.21. The van der Waals surface area contributed by atoms with E-state index >= 15 is 0 Å². The summed E-state index contributed by atoms with van der Waals surface area (Å²) < 4.78 is 10.8. The van der Waals surface area contributed by atoms with Crippen molar-refractivity contribution in [3.8, 4) is 0 Å². The Balaban J connectivity index is 1.61. The molecule has 5 N–H and O–H groups in total. The Morgan fingerprint density at radius 3 is 2.32 bits per heavy atom. The number of nitrogens with one attached hydrogen (secondary N) is 3. The summed E-state index contributed by atoms with van der Waals surface area (Å²) in [6, 6.07) is 14.3. The maximum absolute atomic E-state index is 5.52. The molecule has 0 aliphatic carbocycles. The highest BCUT2D eigenvalue weighted by Crippen LogP contribution is 2.21. The van der Waals surface area contributed by atoms with Gasteiger partial charge in [-0.05, 0) is 22.9 Å². The Labute approximate surface area is 182 Å². The second-order valence-corrected chi connectivity index (χ2v) is 6.60. The third kappa shape index (κ3) is 7.49. The average molecular weight is 424 g/mol. The van der Waals surface area contributed by atoms with Crippen molar-refractivity contribution in [2.45, 2.75) is 0 Å². The number of hydrogen-bond donors (Lipinski definition) is 4. The Morgan fingerprint density at radius 1 is 0.839 bits per heavy atom. The van der Waals surface area contributed by atoms with Gasteiger partial charge >= 0.3 is 0 Å². The van der Waals surface area contributed by atoms with Gasteiger partial charge in [0.05, 0.1) is 26.4 Å². The minimum Gasteiger partial charge on any atom is -0.378 e. The van der Waals surface area contributed by atoms with Crippen LogP contribution in [0.25, 0.3) is 10.8 Å². The quantitative estimate of drug-likeness (QED) is 0.229. The standard InChI is InChI=1S/C22H29N7O2/c1-2-10-24-20-27-21(25-11-13-31-15-14-30-12-9-23)29-22(28-20)26-19-8-7-17-5-3-4-6-18(17)16-19/h2-8,16H,1,9-15,23H2,(H3,24,25,26,27,28,29). The third-order valence-corrected chi connectivity index (χ3v) is 4.21. The summed E-state index contributed by atoms with van der Waals surface area (Å²) in [7, 11) is 0. The number of nitrogens with two attached hydrogens (primary N) is 1. The van der Waals surface area contributed by atoms with Crippen LogP contribution in [0.4, 0.5) is 23.5 Å². The van der Waals surface area contributed by atoms with Crippen molar-refractivity contribution in [1.82, 2.24) is 15.0 Å². The van der Waals surface area contributed by atoms with Crippen LogP contribution < -0.4 is 21.7 Å². The molecule has 9 nitrogen and oxygen atoms in total. The fourth-order valence-electron chi connectivity index (χ4n) is 2.79. The summed E-state index contributed by atoms with van der Waals surface area (Å²) in [5, 5.41) is 11.8. The van der Waals surface area contributed by atoms with E-state index in [0.29, 0.717) is 63.9 Å². The van der Waals surface area contributed by atoms with Crippen LogP contribution in [0.1, 0.15) is 0 Å². The van der Waals surface area contributed by atoms with Crippen LogP contribution in [0, 0.1) is 0 Å². The molecule has 0 atom stereocenters. The van der Waals surface area contributed by atoms with Crippen molar-refractivity contribution in [1.29, 1.82) is 0 Å². The SMILES string of the molecule is C=CCNc1nc(NCCOCCOCCN)nc(Nc2ccc3ccccc3c2)n1. The molecular weight excluding hydrogens is 394 g/mol. The van der Waals surface area contributed by atoms with E-state index in [1.165, 1.54) is 5.39 Å². The summed E-state index contributed by atoms with van der Waals surface area (Å²) in [4.78, 5) is 13.3. The fraction of sp³-hybridized carbons (Fsp3) is 0.318. The lowest BCUT2D eigenvalue weighted by Crippen LogP contribution is -2.17. The van der Waals surface area contributed by atoms with E-state index in [0.717, 1.165) is 11.1 Å². The zero-order chi connectivity index (χ0) is 21.7. The molecule has 0 amide bonds. The fourth-order valence-corrected chi connectivity index (χ4v) is 2.79. The van der Waals surface area contributed by atoms with Gasteiger partial charge in [-0.25, -0.2) is 0 Å². The molecule has 0 saturated heterocycles. The number of aromatic nitrogens is 3. The summed E-state index contributed by atoms with van der Waals surface area (Å²) in [6.45, 7) is 7.41. The van der Waals surface area contributed by atoms with Crippen molar-refractivity contribution in [2.75, 3.05) is 62.0 Å². The number of anilines is 4. The Hall–Kier alpha value is -3.27. The Bertz CT molecular complexity index is 967. The highest BCUT2D eigenvalue weighted by Gasteiger charge is 2.07. The van der Waals surface area contributed by atoms with E-state index in [4.69, 9.17) is 15.2 Å². The van der Waals surface area contributed by atoms with Crippen molar-refractivity contribution >= 4 is 34.3 Å². The van der Waals surface area contributed by atoms with Crippen LogP contribution in [0.2, 0.25) is 0 Å². The lowest BCUT2D eigenvalue weighted by atomic mass is 10.1. The Kier molecular flexibility index (Phi) is 8.99. The predicted octanol–water partition coefficient (Wildman–Crippen LogP) is 2.77. The minimum atomic E-state index is 0.440. The zero-order valence-corrected chi connectivity index (χ0v) is 17.5. The van der Waals surface area contributed by atoms with Gasteiger partial charge < -0.3 is 31.2 Å². The van der Waals surface area contributed by atoms with Crippen LogP contribution in [-0.4, -0.2) is 61.0 Å². The molecule has 0 aliphatic heterocycles. The van der Waals surface area contributed by atoms with Crippen LogP contribution in [0.15, 0.2) is 55.1 Å². The minimum absolute atomic E-state index is 0.440. The van der Waals surface area contributed by atoms with Crippen molar-refractivity contribution < 1.29 is 9.47 Å². The first-order chi connectivity index (χ1) is 15.3. The van der Waals surface area contributed by atoms with Crippen LogP contribution in [-0.2, 0) is 9.47 Å². The van der Waals surface area contributed by atoms with Crippen LogP contribution in [0.3, 0.4) is 0 Å². The van der Waals surface area contributed by atoms with Crippen molar-refractivity contribution in [3.63, 3.8) is 0 Å². The molecule has 0 aliphatic rings. The zero-order valence-electron chi connectivity index (χ0n) is 17.5. The molecule has 164 valence electrons. The van der Waals surface area contributed by atoms with Gasteiger partial charge in [0.1, 0.15) is 0 Å². The molecule has 3 aromatic rings. The van der Waals surface area contributed by atoms with Gasteiger partial charge in [0.25, 0.3) is 0 Å². The first kappa shape index (κ1) is 22.4. The molecule has 0 saturated carbocycles. The van der Waals surface area contributed by atoms with E-state index in [-0.39, 0.29) is 0 Å². The normalized spacial score (nSPS) is 10.7. The summed E-state index contributed by atoms with van der Waals surface area (Å²) in [6.07, 6.45) is 1.74. The molecule has 0 spiro atoms. The first-order valence-electron chi connectivity index (χ1n) is 10.2. The number of hydrogen-bond acceptors (Lipinski definition) is 9. The largest absolute Gasteiger partial charge is 0.378 e.